The van der Waals surface area contributed by atoms with Crippen LogP contribution >= 0.6 is 23.2 Å². The van der Waals surface area contributed by atoms with E-state index in [1.807, 2.05) is 0 Å². The minimum atomic E-state index is -1.07. The number of cyclic esters (lactones) is 1. The third kappa shape index (κ3) is 2.74. The first-order valence-corrected chi connectivity index (χ1v) is 7.80. The van der Waals surface area contributed by atoms with Gasteiger partial charge >= 0.3 is 12.1 Å². The van der Waals surface area contributed by atoms with E-state index >= 15 is 0 Å². The highest BCUT2D eigenvalue weighted by atomic mass is 35.5. The molecule has 9 heteroatoms. The van der Waals surface area contributed by atoms with E-state index in [4.69, 9.17) is 32.7 Å². The van der Waals surface area contributed by atoms with Crippen molar-refractivity contribution in [2.45, 2.75) is 6.10 Å². The van der Waals surface area contributed by atoms with Crippen LogP contribution in [0.2, 0.25) is 10.0 Å². The average Bonchev–Trinajstić information content (AvgIpc) is 3.02. The molecule has 7 nitrogen and oxygen atoms in total. The second-order valence-electron chi connectivity index (χ2n) is 5.53. The molecule has 1 aliphatic rings. The highest BCUT2D eigenvalue weighted by Gasteiger charge is 2.29. The summed E-state index contributed by atoms with van der Waals surface area (Å²) < 4.78 is 12.3. The average molecular weight is 373 g/mol. The van der Waals surface area contributed by atoms with Crippen molar-refractivity contribution in [1.29, 1.82) is 0 Å². The molecule has 1 aromatic heterocycles. The lowest BCUT2D eigenvalue weighted by atomic mass is 10.2. The number of fused-ring (bicyclic) bond motifs is 1. The largest absolute Gasteiger partial charge is 0.488 e. The van der Waals surface area contributed by atoms with Crippen molar-refractivity contribution >= 4 is 46.2 Å². The molecule has 2 aromatic rings. The van der Waals surface area contributed by atoms with Crippen LogP contribution in [0.25, 0.3) is 10.9 Å². The summed E-state index contributed by atoms with van der Waals surface area (Å²) in [5.74, 6) is -0.762. The van der Waals surface area contributed by atoms with Crippen molar-refractivity contribution in [3.63, 3.8) is 0 Å². The molecule has 1 amide bonds. The summed E-state index contributed by atoms with van der Waals surface area (Å²) in [6, 6.07) is 3.08. The molecular weight excluding hydrogens is 359 g/mol. The van der Waals surface area contributed by atoms with Gasteiger partial charge in [0.15, 0.2) is 6.10 Å². The maximum atomic E-state index is 11.3. The number of ether oxygens (including phenoxy) is 2. The highest BCUT2D eigenvalue weighted by molar-refractivity contribution is 6.46. The molecule has 1 saturated heterocycles. The third-order valence-electron chi connectivity index (χ3n) is 3.89. The molecule has 0 aliphatic carbocycles. The molecule has 0 spiro atoms. The molecule has 1 atom stereocenters. The van der Waals surface area contributed by atoms with Gasteiger partial charge in [-0.1, -0.05) is 23.2 Å². The van der Waals surface area contributed by atoms with Gasteiger partial charge in [-0.3, -0.25) is 0 Å². The number of carboxylic acids is 1. The summed E-state index contributed by atoms with van der Waals surface area (Å²) >= 11 is 12.5. The molecule has 3 rings (SSSR count). The summed E-state index contributed by atoms with van der Waals surface area (Å²) in [5, 5.41) is 10.1. The highest BCUT2D eigenvalue weighted by Crippen LogP contribution is 2.39. The Kier molecular flexibility index (Phi) is 4.23. The fourth-order valence-corrected chi connectivity index (χ4v) is 3.07. The van der Waals surface area contributed by atoms with Gasteiger partial charge in [0.2, 0.25) is 0 Å². The molecule has 2 heterocycles. The number of likely N-dealkylation sites (N-methyl/N-ethyl adjacent to an activating group) is 1. The summed E-state index contributed by atoms with van der Waals surface area (Å²) in [5.41, 5.74) is 0.670. The van der Waals surface area contributed by atoms with E-state index in [9.17, 15) is 14.7 Å². The van der Waals surface area contributed by atoms with Crippen LogP contribution in [0.1, 0.15) is 10.5 Å². The Balaban J connectivity index is 1.91. The zero-order valence-corrected chi connectivity index (χ0v) is 14.4. The van der Waals surface area contributed by atoms with Crippen LogP contribution in [0.5, 0.6) is 5.75 Å². The standard InChI is InChI=1S/C15H14Cl2N2O5/c1-18-5-7(24-15(18)22)6-23-11-4-9-8(12(16)13(11)17)3-10(14(20)21)19(9)2/h3-4,7H,5-6H2,1-2H3,(H,20,21). The van der Waals surface area contributed by atoms with Crippen LogP contribution < -0.4 is 4.74 Å². The first-order chi connectivity index (χ1) is 11.3. The van der Waals surface area contributed by atoms with Gasteiger partial charge in [-0.05, 0) is 6.07 Å². The zero-order valence-electron chi connectivity index (χ0n) is 12.9. The number of halogens is 2. The Morgan fingerprint density at radius 3 is 2.67 bits per heavy atom. The maximum absolute atomic E-state index is 11.3. The predicted molar refractivity (Wildman–Crippen MR) is 88.3 cm³/mol. The number of aromatic nitrogens is 1. The van der Waals surface area contributed by atoms with Gasteiger partial charge in [-0.15, -0.1) is 0 Å². The van der Waals surface area contributed by atoms with Crippen LogP contribution in [0, 0.1) is 0 Å². The summed E-state index contributed by atoms with van der Waals surface area (Å²) in [7, 11) is 3.25. The Labute approximate surface area is 147 Å². The van der Waals surface area contributed by atoms with Crippen molar-refractivity contribution in [2.24, 2.45) is 7.05 Å². The molecule has 0 bridgehead atoms. The molecule has 128 valence electrons. The van der Waals surface area contributed by atoms with Gasteiger partial charge in [-0.25, -0.2) is 9.59 Å². The van der Waals surface area contributed by atoms with Crippen LogP contribution in [-0.4, -0.2) is 52.9 Å². The molecule has 1 aliphatic heterocycles. The molecule has 1 fully saturated rings. The Bertz CT molecular complexity index is 848. The predicted octanol–water partition coefficient (Wildman–Crippen LogP) is 3.01. The monoisotopic (exact) mass is 372 g/mol. The summed E-state index contributed by atoms with van der Waals surface area (Å²) in [4.78, 5) is 24.0. The van der Waals surface area contributed by atoms with E-state index in [1.54, 1.807) is 20.2 Å². The quantitative estimate of drug-likeness (QED) is 0.891. The number of aromatic carboxylic acids is 1. The minimum Gasteiger partial charge on any atom is -0.488 e. The molecule has 1 aromatic carbocycles. The number of rotatable bonds is 4. The number of aryl methyl sites for hydroxylation is 1. The summed E-state index contributed by atoms with van der Waals surface area (Å²) in [6.07, 6.45) is -0.812. The van der Waals surface area contributed by atoms with Crippen molar-refractivity contribution in [3.05, 3.63) is 27.9 Å². The molecule has 1 N–H and O–H groups in total. The molecule has 24 heavy (non-hydrogen) atoms. The third-order valence-corrected chi connectivity index (χ3v) is 4.76. The van der Waals surface area contributed by atoms with Gasteiger partial charge in [0, 0.05) is 25.5 Å². The maximum Gasteiger partial charge on any atom is 0.410 e. The second kappa shape index (κ2) is 6.07. The Morgan fingerprint density at radius 1 is 1.38 bits per heavy atom. The van der Waals surface area contributed by atoms with E-state index in [-0.39, 0.29) is 22.3 Å². The molecule has 1 unspecified atom stereocenters. The Morgan fingerprint density at radius 2 is 2.08 bits per heavy atom. The molecule has 0 saturated carbocycles. The minimum absolute atomic E-state index is 0.0893. The summed E-state index contributed by atoms with van der Waals surface area (Å²) in [6.45, 7) is 0.535. The number of nitrogens with zero attached hydrogens (tertiary/aromatic N) is 2. The number of amides is 1. The van der Waals surface area contributed by atoms with E-state index in [1.165, 1.54) is 15.5 Å². The first-order valence-electron chi connectivity index (χ1n) is 7.05. The lowest BCUT2D eigenvalue weighted by molar-refractivity contribution is 0.0687. The van der Waals surface area contributed by atoms with Gasteiger partial charge in [0.1, 0.15) is 23.1 Å². The van der Waals surface area contributed by atoms with Gasteiger partial charge in [0.05, 0.1) is 17.1 Å². The lowest BCUT2D eigenvalue weighted by Gasteiger charge is -2.13. The van der Waals surface area contributed by atoms with E-state index in [2.05, 4.69) is 0 Å². The fourth-order valence-electron chi connectivity index (χ4n) is 2.61. The smallest absolute Gasteiger partial charge is 0.410 e. The number of hydrogen-bond donors (Lipinski definition) is 1. The Hall–Kier alpha value is -2.12. The van der Waals surface area contributed by atoms with Crippen LogP contribution in [0.3, 0.4) is 0 Å². The van der Waals surface area contributed by atoms with Crippen molar-refractivity contribution in [2.75, 3.05) is 20.2 Å². The van der Waals surface area contributed by atoms with Crippen LogP contribution in [0.4, 0.5) is 4.79 Å². The zero-order chi connectivity index (χ0) is 17.6. The van der Waals surface area contributed by atoms with Crippen LogP contribution in [0.15, 0.2) is 12.1 Å². The SMILES string of the molecule is CN1CC(COc2cc3c(cc(C(=O)O)n3C)c(Cl)c2Cl)OC1=O. The van der Waals surface area contributed by atoms with Gasteiger partial charge in [0.25, 0.3) is 0 Å². The van der Waals surface area contributed by atoms with Gasteiger partial charge < -0.3 is 24.0 Å². The molecular formula is C15H14Cl2N2O5. The number of benzene rings is 1. The molecule has 0 radical (unpaired) electrons. The van der Waals surface area contributed by atoms with Crippen molar-refractivity contribution in [1.82, 2.24) is 9.47 Å². The van der Waals surface area contributed by atoms with Crippen molar-refractivity contribution < 1.29 is 24.2 Å². The number of carboxylic acid groups (broad SMARTS) is 1. The number of carbonyl (C=O) groups is 2. The topological polar surface area (TPSA) is 81.0 Å². The van der Waals surface area contributed by atoms with Crippen LogP contribution in [-0.2, 0) is 11.8 Å². The van der Waals surface area contributed by atoms with E-state index in [0.29, 0.717) is 23.2 Å². The fraction of sp³-hybridized carbons (Fsp3) is 0.333. The number of carbonyl (C=O) groups excluding carboxylic acids is 1. The number of hydrogen-bond acceptors (Lipinski definition) is 4. The second-order valence-corrected chi connectivity index (χ2v) is 6.28. The van der Waals surface area contributed by atoms with E-state index < -0.39 is 18.2 Å². The first kappa shape index (κ1) is 16.7. The van der Waals surface area contributed by atoms with Gasteiger partial charge in [-0.2, -0.15) is 0 Å². The van der Waals surface area contributed by atoms with E-state index in [0.717, 1.165) is 0 Å². The lowest BCUT2D eigenvalue weighted by Crippen LogP contribution is -2.23. The normalized spacial score (nSPS) is 17.4. The van der Waals surface area contributed by atoms with Crippen molar-refractivity contribution in [3.8, 4) is 5.75 Å².